The fourth-order valence-electron chi connectivity index (χ4n) is 1.79. The lowest BCUT2D eigenvalue weighted by Crippen LogP contribution is -2.03. The maximum absolute atomic E-state index is 10.3. The molecule has 0 amide bonds. The number of aromatic nitrogens is 2. The molecule has 1 N–H and O–H groups in total. The van der Waals surface area contributed by atoms with Crippen molar-refractivity contribution in [2.24, 2.45) is 0 Å². The molecule has 0 aliphatic carbocycles. The zero-order valence-electron chi connectivity index (χ0n) is 9.98. The van der Waals surface area contributed by atoms with Crippen LogP contribution in [-0.2, 0) is 13.0 Å². The van der Waals surface area contributed by atoms with Crippen LogP contribution in [0, 0.1) is 3.57 Å². The molecule has 0 saturated heterocycles. The highest BCUT2D eigenvalue weighted by atomic mass is 127. The van der Waals surface area contributed by atoms with E-state index in [1.54, 1.807) is 0 Å². The summed E-state index contributed by atoms with van der Waals surface area (Å²) < 4.78 is 3.93. The zero-order chi connectivity index (χ0) is 13.1. The van der Waals surface area contributed by atoms with E-state index in [0.29, 0.717) is 6.42 Å². The Bertz CT molecular complexity index is 542. The molecular formula is C13H14BrIN2O. The van der Waals surface area contributed by atoms with Crippen molar-refractivity contribution in [1.29, 1.82) is 0 Å². The van der Waals surface area contributed by atoms with E-state index in [1.165, 1.54) is 0 Å². The Labute approximate surface area is 128 Å². The van der Waals surface area contributed by atoms with Crippen molar-refractivity contribution in [3.05, 3.63) is 49.8 Å². The minimum absolute atomic E-state index is 0.496. The second-order valence-electron chi connectivity index (χ2n) is 4.09. The summed E-state index contributed by atoms with van der Waals surface area (Å²) in [4.78, 5) is 0. The van der Waals surface area contributed by atoms with Gasteiger partial charge >= 0.3 is 0 Å². The number of benzene rings is 1. The molecule has 0 fully saturated rings. The molecule has 2 aromatic rings. The number of rotatable bonds is 4. The van der Waals surface area contributed by atoms with Gasteiger partial charge in [0.2, 0.25) is 0 Å². The average Bonchev–Trinajstić information content (AvgIpc) is 2.80. The van der Waals surface area contributed by atoms with Gasteiger partial charge < -0.3 is 5.11 Å². The Kier molecular flexibility index (Phi) is 4.80. The molecule has 1 unspecified atom stereocenters. The lowest BCUT2D eigenvalue weighted by atomic mass is 10.0. The molecule has 1 aromatic carbocycles. The summed E-state index contributed by atoms with van der Waals surface area (Å²) >= 11 is 5.68. The lowest BCUT2D eigenvalue weighted by molar-refractivity contribution is 0.177. The Morgan fingerprint density at radius 3 is 2.94 bits per heavy atom. The Balaban J connectivity index is 2.16. The van der Waals surface area contributed by atoms with Crippen molar-refractivity contribution in [3.8, 4) is 0 Å². The summed E-state index contributed by atoms with van der Waals surface area (Å²) in [6.45, 7) is 2.90. The highest BCUT2D eigenvalue weighted by molar-refractivity contribution is 14.1. The Morgan fingerprint density at radius 1 is 1.50 bits per heavy atom. The summed E-state index contributed by atoms with van der Waals surface area (Å²) in [5.74, 6) is 0. The fraction of sp³-hybridized carbons (Fsp3) is 0.308. The van der Waals surface area contributed by atoms with Gasteiger partial charge in [0.05, 0.1) is 12.3 Å². The Morgan fingerprint density at radius 2 is 2.28 bits per heavy atom. The molecular weight excluding hydrogens is 407 g/mol. The highest BCUT2D eigenvalue weighted by Crippen LogP contribution is 2.26. The van der Waals surface area contributed by atoms with Crippen LogP contribution in [0.5, 0.6) is 0 Å². The molecule has 1 atom stereocenters. The Hall–Kier alpha value is -0.400. The second-order valence-corrected chi connectivity index (χ2v) is 6.17. The standard InChI is InChI=1S/C13H14BrIN2O/c1-2-17-8-9(7-16-17)5-13(18)11-6-10(14)3-4-12(11)15/h3-4,6-8,13,18H,2,5H2,1H3. The number of nitrogens with zero attached hydrogens (tertiary/aromatic N) is 2. The second kappa shape index (κ2) is 6.16. The van der Waals surface area contributed by atoms with Crippen molar-refractivity contribution >= 4 is 38.5 Å². The molecule has 1 heterocycles. The van der Waals surface area contributed by atoms with Crippen molar-refractivity contribution in [2.75, 3.05) is 0 Å². The third-order valence-corrected chi connectivity index (χ3v) is 4.23. The van der Waals surface area contributed by atoms with Crippen LogP contribution < -0.4 is 0 Å². The average molecular weight is 421 g/mol. The topological polar surface area (TPSA) is 38.0 Å². The van der Waals surface area contributed by atoms with Crippen molar-refractivity contribution in [2.45, 2.75) is 26.0 Å². The number of hydrogen-bond acceptors (Lipinski definition) is 2. The van der Waals surface area contributed by atoms with Crippen LogP contribution in [0.15, 0.2) is 35.1 Å². The third kappa shape index (κ3) is 3.33. The molecule has 18 heavy (non-hydrogen) atoms. The van der Waals surface area contributed by atoms with Gasteiger partial charge in [-0.1, -0.05) is 15.9 Å². The van der Waals surface area contributed by atoms with Gasteiger partial charge in [-0.25, -0.2) is 0 Å². The van der Waals surface area contributed by atoms with E-state index in [9.17, 15) is 5.11 Å². The largest absolute Gasteiger partial charge is 0.388 e. The third-order valence-electron chi connectivity index (χ3n) is 2.76. The highest BCUT2D eigenvalue weighted by Gasteiger charge is 2.13. The molecule has 0 aliphatic rings. The predicted molar refractivity (Wildman–Crippen MR) is 83.4 cm³/mol. The van der Waals surface area contributed by atoms with Crippen molar-refractivity contribution in [3.63, 3.8) is 0 Å². The quantitative estimate of drug-likeness (QED) is 0.768. The van der Waals surface area contributed by atoms with Gasteiger partial charge in [-0.3, -0.25) is 4.68 Å². The van der Waals surface area contributed by atoms with Gasteiger partial charge in [-0.05, 0) is 58.8 Å². The van der Waals surface area contributed by atoms with E-state index in [4.69, 9.17) is 0 Å². The molecule has 0 saturated carbocycles. The van der Waals surface area contributed by atoms with Crippen LogP contribution in [0.25, 0.3) is 0 Å². The lowest BCUT2D eigenvalue weighted by Gasteiger charge is -2.12. The van der Waals surface area contributed by atoms with Crippen LogP contribution in [-0.4, -0.2) is 14.9 Å². The first kappa shape index (κ1) is 14.0. The maximum atomic E-state index is 10.3. The first-order valence-corrected chi connectivity index (χ1v) is 7.61. The van der Waals surface area contributed by atoms with E-state index in [-0.39, 0.29) is 0 Å². The van der Waals surface area contributed by atoms with Crippen LogP contribution in [0.2, 0.25) is 0 Å². The molecule has 1 aromatic heterocycles. The summed E-state index contributed by atoms with van der Waals surface area (Å²) in [6, 6.07) is 5.95. The van der Waals surface area contributed by atoms with Gasteiger partial charge in [0.1, 0.15) is 0 Å². The number of halogens is 2. The van der Waals surface area contributed by atoms with E-state index in [0.717, 1.165) is 25.7 Å². The smallest absolute Gasteiger partial charge is 0.0842 e. The van der Waals surface area contributed by atoms with Gasteiger partial charge in [-0.2, -0.15) is 5.10 Å². The number of aliphatic hydroxyl groups excluding tert-OH is 1. The van der Waals surface area contributed by atoms with Gasteiger partial charge in [0.25, 0.3) is 0 Å². The first-order valence-electron chi connectivity index (χ1n) is 5.74. The van der Waals surface area contributed by atoms with Crippen LogP contribution in [0.4, 0.5) is 0 Å². The van der Waals surface area contributed by atoms with Crippen LogP contribution in [0.1, 0.15) is 24.2 Å². The molecule has 3 nitrogen and oxygen atoms in total. The summed E-state index contributed by atoms with van der Waals surface area (Å²) in [6.07, 6.45) is 3.89. The number of aryl methyl sites for hydroxylation is 1. The minimum Gasteiger partial charge on any atom is -0.388 e. The molecule has 96 valence electrons. The van der Waals surface area contributed by atoms with E-state index < -0.39 is 6.10 Å². The fourth-order valence-corrected chi connectivity index (χ4v) is 2.86. The molecule has 2 rings (SSSR count). The predicted octanol–water partition coefficient (Wildman–Crippen LogP) is 3.55. The van der Waals surface area contributed by atoms with Crippen LogP contribution >= 0.6 is 38.5 Å². The molecule has 5 heteroatoms. The molecule has 0 spiro atoms. The van der Waals surface area contributed by atoms with Gasteiger partial charge in [0, 0.05) is 27.2 Å². The van der Waals surface area contributed by atoms with E-state index >= 15 is 0 Å². The number of aliphatic hydroxyl groups is 1. The number of hydrogen-bond donors (Lipinski definition) is 1. The van der Waals surface area contributed by atoms with Gasteiger partial charge in [0.15, 0.2) is 0 Å². The molecule has 0 aliphatic heterocycles. The van der Waals surface area contributed by atoms with Crippen molar-refractivity contribution in [1.82, 2.24) is 9.78 Å². The summed E-state index contributed by atoms with van der Waals surface area (Å²) in [5, 5.41) is 14.5. The van der Waals surface area contributed by atoms with Gasteiger partial charge in [-0.15, -0.1) is 0 Å². The minimum atomic E-state index is -0.496. The zero-order valence-corrected chi connectivity index (χ0v) is 13.7. The molecule has 0 radical (unpaired) electrons. The van der Waals surface area contributed by atoms with Crippen molar-refractivity contribution < 1.29 is 5.11 Å². The first-order chi connectivity index (χ1) is 8.60. The van der Waals surface area contributed by atoms with E-state index in [1.807, 2.05) is 42.2 Å². The summed E-state index contributed by atoms with van der Waals surface area (Å²) in [7, 11) is 0. The summed E-state index contributed by atoms with van der Waals surface area (Å²) in [5.41, 5.74) is 2.01. The molecule has 0 bridgehead atoms. The van der Waals surface area contributed by atoms with E-state index in [2.05, 4.69) is 43.6 Å². The maximum Gasteiger partial charge on any atom is 0.0842 e. The SMILES string of the molecule is CCn1cc(CC(O)c2cc(Br)ccc2I)cn1. The van der Waals surface area contributed by atoms with Crippen LogP contribution in [0.3, 0.4) is 0 Å². The normalized spacial score (nSPS) is 12.7. The monoisotopic (exact) mass is 420 g/mol.